The van der Waals surface area contributed by atoms with E-state index in [4.69, 9.17) is 9.47 Å². The first-order chi connectivity index (χ1) is 13.4. The Labute approximate surface area is 170 Å². The second-order valence-electron chi connectivity index (χ2n) is 7.79. The van der Waals surface area contributed by atoms with Gasteiger partial charge in [-0.3, -0.25) is 14.4 Å². The van der Waals surface area contributed by atoms with Gasteiger partial charge < -0.3 is 29.2 Å². The number of hydrogen-bond donors (Lipinski definition) is 1. The molecule has 1 N–H and O–H groups in total. The lowest BCUT2D eigenvalue weighted by Gasteiger charge is -2.29. The van der Waals surface area contributed by atoms with Gasteiger partial charge in [-0.1, -0.05) is 12.1 Å². The van der Waals surface area contributed by atoms with Crippen LogP contribution < -0.4 is 15.2 Å². The minimum atomic E-state index is -1.43. The summed E-state index contributed by atoms with van der Waals surface area (Å²) in [7, 11) is 5.66. The summed E-state index contributed by atoms with van der Waals surface area (Å²) in [6, 6.07) is 4.99. The lowest BCUT2D eigenvalue weighted by molar-refractivity contribution is -0.873. The highest BCUT2D eigenvalue weighted by atomic mass is 16.5. The van der Waals surface area contributed by atoms with E-state index in [9.17, 15) is 24.3 Å². The fourth-order valence-electron chi connectivity index (χ4n) is 2.74. The Morgan fingerprint density at radius 3 is 2.07 bits per heavy atom. The number of amides is 1. The van der Waals surface area contributed by atoms with Gasteiger partial charge in [0.25, 0.3) is 0 Å². The number of rotatable bonds is 10. The molecule has 0 radical (unpaired) electrons. The summed E-state index contributed by atoms with van der Waals surface area (Å²) in [5.74, 6) is -2.64. The predicted octanol–water partition coefficient (Wildman–Crippen LogP) is -0.583. The number of quaternary nitrogens is 1. The molecule has 2 unspecified atom stereocenters. The number of carboxylic acid groups (broad SMARTS) is 1. The van der Waals surface area contributed by atoms with E-state index in [1.165, 1.54) is 26.0 Å². The molecule has 0 saturated carbocycles. The van der Waals surface area contributed by atoms with E-state index in [1.807, 2.05) is 21.1 Å². The van der Waals surface area contributed by atoms with E-state index < -0.39 is 36.0 Å². The summed E-state index contributed by atoms with van der Waals surface area (Å²) in [6.45, 7) is 2.92. The minimum absolute atomic E-state index is 0.0119. The van der Waals surface area contributed by atoms with Gasteiger partial charge in [0, 0.05) is 13.8 Å². The van der Waals surface area contributed by atoms with Crippen molar-refractivity contribution in [3.63, 3.8) is 0 Å². The van der Waals surface area contributed by atoms with Crippen molar-refractivity contribution in [3.05, 3.63) is 29.8 Å². The number of ether oxygens (including phenoxy) is 2. The van der Waals surface area contributed by atoms with Crippen LogP contribution in [0.15, 0.2) is 24.3 Å². The first kappa shape index (κ1) is 24.1. The van der Waals surface area contributed by atoms with Crippen LogP contribution in [0.4, 0.5) is 0 Å². The fourth-order valence-corrected chi connectivity index (χ4v) is 2.74. The van der Waals surface area contributed by atoms with Gasteiger partial charge in [0.15, 0.2) is 6.10 Å². The molecule has 0 aliphatic carbocycles. The average molecular weight is 408 g/mol. The van der Waals surface area contributed by atoms with E-state index >= 15 is 0 Å². The highest BCUT2D eigenvalue weighted by Gasteiger charge is 2.25. The van der Waals surface area contributed by atoms with Gasteiger partial charge in [-0.2, -0.15) is 0 Å². The largest absolute Gasteiger partial charge is 0.548 e. The number of benzene rings is 1. The van der Waals surface area contributed by atoms with Crippen LogP contribution in [-0.2, 0) is 30.3 Å². The molecule has 1 aromatic carbocycles. The first-order valence-electron chi connectivity index (χ1n) is 9.11. The lowest BCUT2D eigenvalue weighted by atomic mass is 10.1. The maximum atomic E-state index is 12.3. The van der Waals surface area contributed by atoms with Crippen molar-refractivity contribution in [2.24, 2.45) is 0 Å². The highest BCUT2D eigenvalue weighted by molar-refractivity contribution is 5.83. The summed E-state index contributed by atoms with van der Waals surface area (Å²) in [5, 5.41) is 13.9. The molecule has 0 heterocycles. The standard InChI is InChI=1S/C20H28N2O7/c1-13(23)28-16-8-6-15(7-9-16)10-18(20(26)27)21-19(25)11-17(29-14(2)24)12-22(3,4)5/h6-9,17-18H,10-12H2,1-5H3,(H-,21,25,26,27). The number of carboxylic acids is 1. The zero-order valence-electron chi connectivity index (χ0n) is 17.4. The van der Waals surface area contributed by atoms with Gasteiger partial charge in [-0.15, -0.1) is 0 Å². The highest BCUT2D eigenvalue weighted by Crippen LogP contribution is 2.14. The molecule has 0 spiro atoms. The molecule has 0 saturated heterocycles. The smallest absolute Gasteiger partial charge is 0.308 e. The maximum absolute atomic E-state index is 12.3. The Balaban J connectivity index is 2.76. The molecule has 1 aromatic rings. The molecule has 9 heteroatoms. The van der Waals surface area contributed by atoms with Gasteiger partial charge in [0.2, 0.25) is 5.91 Å². The van der Waals surface area contributed by atoms with Crippen LogP contribution in [0.25, 0.3) is 0 Å². The van der Waals surface area contributed by atoms with Crippen molar-refractivity contribution in [2.45, 2.75) is 38.8 Å². The lowest BCUT2D eigenvalue weighted by Crippen LogP contribution is -2.51. The molecule has 9 nitrogen and oxygen atoms in total. The van der Waals surface area contributed by atoms with Crippen LogP contribution in [0.5, 0.6) is 5.75 Å². The summed E-state index contributed by atoms with van der Waals surface area (Å²) >= 11 is 0. The molecular formula is C20H28N2O7. The zero-order chi connectivity index (χ0) is 22.2. The Kier molecular flexibility index (Phi) is 8.78. The topological polar surface area (TPSA) is 122 Å². The van der Waals surface area contributed by atoms with Crippen molar-refractivity contribution in [1.29, 1.82) is 0 Å². The molecule has 1 amide bonds. The molecule has 0 fully saturated rings. The van der Waals surface area contributed by atoms with E-state index in [0.717, 1.165) is 0 Å². The van der Waals surface area contributed by atoms with Gasteiger partial charge in [0.05, 0.1) is 39.6 Å². The van der Waals surface area contributed by atoms with E-state index in [2.05, 4.69) is 5.32 Å². The second kappa shape index (κ2) is 10.6. The van der Waals surface area contributed by atoms with Crippen molar-refractivity contribution in [2.75, 3.05) is 27.7 Å². The molecule has 160 valence electrons. The van der Waals surface area contributed by atoms with Crippen LogP contribution in [0.2, 0.25) is 0 Å². The van der Waals surface area contributed by atoms with Gasteiger partial charge in [-0.25, -0.2) is 0 Å². The quantitative estimate of drug-likeness (QED) is 0.312. The third kappa shape index (κ3) is 10.2. The Hall–Kier alpha value is -2.94. The summed E-state index contributed by atoms with van der Waals surface area (Å²) in [6.07, 6.45) is -0.857. The Morgan fingerprint density at radius 2 is 1.62 bits per heavy atom. The molecule has 29 heavy (non-hydrogen) atoms. The minimum Gasteiger partial charge on any atom is -0.548 e. The molecule has 0 aliphatic heterocycles. The summed E-state index contributed by atoms with van der Waals surface area (Å²) < 4.78 is 10.6. The SMILES string of the molecule is CC(=O)Oc1ccc(CC(NC(=O)CC(C[N+](C)(C)C)OC(C)=O)C(=O)[O-])cc1. The number of nitrogens with zero attached hydrogens (tertiary/aromatic N) is 1. The summed E-state index contributed by atoms with van der Waals surface area (Å²) in [4.78, 5) is 46.0. The normalized spacial score (nSPS) is 13.1. The molecule has 0 aromatic heterocycles. The number of hydrogen-bond acceptors (Lipinski definition) is 7. The molecule has 1 rings (SSSR count). The molecule has 0 bridgehead atoms. The van der Waals surface area contributed by atoms with E-state index in [0.29, 0.717) is 22.3 Å². The molecular weight excluding hydrogens is 380 g/mol. The van der Waals surface area contributed by atoms with Gasteiger partial charge in [0.1, 0.15) is 12.3 Å². The number of carbonyl (C=O) groups excluding carboxylic acids is 4. The number of esters is 2. The second-order valence-corrected chi connectivity index (χ2v) is 7.79. The maximum Gasteiger partial charge on any atom is 0.308 e. The van der Waals surface area contributed by atoms with Crippen molar-refractivity contribution in [1.82, 2.24) is 5.32 Å². The van der Waals surface area contributed by atoms with Crippen LogP contribution >= 0.6 is 0 Å². The molecule has 0 aliphatic rings. The Bertz CT molecular complexity index is 738. The fraction of sp³-hybridized carbons (Fsp3) is 0.500. The zero-order valence-corrected chi connectivity index (χ0v) is 17.4. The summed E-state index contributed by atoms with van der Waals surface area (Å²) in [5.41, 5.74) is 0.610. The average Bonchev–Trinajstić information content (AvgIpc) is 2.53. The first-order valence-corrected chi connectivity index (χ1v) is 9.11. The van der Waals surface area contributed by atoms with E-state index in [1.54, 1.807) is 12.1 Å². The van der Waals surface area contributed by atoms with Gasteiger partial charge in [-0.05, 0) is 24.1 Å². The number of carbonyl (C=O) groups is 4. The van der Waals surface area contributed by atoms with Crippen LogP contribution in [0, 0.1) is 0 Å². The number of nitrogens with one attached hydrogen (secondary N) is 1. The van der Waals surface area contributed by atoms with E-state index in [-0.39, 0.29) is 12.8 Å². The third-order valence-corrected chi connectivity index (χ3v) is 3.74. The Morgan fingerprint density at radius 1 is 1.03 bits per heavy atom. The van der Waals surface area contributed by atoms with Crippen LogP contribution in [0.3, 0.4) is 0 Å². The monoisotopic (exact) mass is 408 g/mol. The number of likely N-dealkylation sites (N-methyl/N-ethyl adjacent to an activating group) is 1. The van der Waals surface area contributed by atoms with Crippen molar-refractivity contribution >= 4 is 23.8 Å². The van der Waals surface area contributed by atoms with Crippen molar-refractivity contribution in [3.8, 4) is 5.75 Å². The van der Waals surface area contributed by atoms with Crippen LogP contribution in [-0.4, -0.2) is 68.1 Å². The predicted molar refractivity (Wildman–Crippen MR) is 101 cm³/mol. The van der Waals surface area contributed by atoms with Crippen LogP contribution in [0.1, 0.15) is 25.8 Å². The van der Waals surface area contributed by atoms with Gasteiger partial charge >= 0.3 is 11.9 Å². The third-order valence-electron chi connectivity index (χ3n) is 3.74. The van der Waals surface area contributed by atoms with Crippen molar-refractivity contribution < 1.29 is 38.2 Å². The molecule has 2 atom stereocenters. The number of aliphatic carboxylic acids is 1.